The fourth-order valence-electron chi connectivity index (χ4n) is 2.49. The SMILES string of the molecule is CCOC(=O)/C(C#N)=C/c1ccc(OC(=O)COc2ccc(C)cc2Br)c(OCC)c1. The van der Waals surface area contributed by atoms with E-state index in [2.05, 4.69) is 15.9 Å². The van der Waals surface area contributed by atoms with Crippen LogP contribution in [0.4, 0.5) is 0 Å². The molecular weight excluding hydrogens is 466 g/mol. The Labute approximate surface area is 189 Å². The summed E-state index contributed by atoms with van der Waals surface area (Å²) in [6.07, 6.45) is 1.38. The minimum absolute atomic E-state index is 0.147. The standard InChI is InChI=1S/C23H22BrNO6/c1-4-28-21-12-16(11-17(13-25)23(27)29-5-2)7-9-20(21)31-22(26)14-30-19-8-6-15(3)10-18(19)24/h6-12H,4-5,14H2,1-3H3/b17-11+. The van der Waals surface area contributed by atoms with Gasteiger partial charge in [0.05, 0.1) is 17.7 Å². The predicted octanol–water partition coefficient (Wildman–Crippen LogP) is 4.61. The van der Waals surface area contributed by atoms with Gasteiger partial charge in [0.25, 0.3) is 0 Å². The summed E-state index contributed by atoms with van der Waals surface area (Å²) in [4.78, 5) is 24.1. The quantitative estimate of drug-likeness (QED) is 0.220. The zero-order valence-electron chi connectivity index (χ0n) is 17.4. The van der Waals surface area contributed by atoms with Crippen molar-refractivity contribution in [3.8, 4) is 23.3 Å². The third-order valence-electron chi connectivity index (χ3n) is 3.85. The summed E-state index contributed by atoms with van der Waals surface area (Å²) < 4.78 is 22.0. The van der Waals surface area contributed by atoms with Crippen molar-refractivity contribution in [3.05, 3.63) is 57.6 Å². The molecule has 0 spiro atoms. The fourth-order valence-corrected chi connectivity index (χ4v) is 3.10. The third kappa shape index (κ3) is 7.15. The van der Waals surface area contributed by atoms with E-state index in [1.54, 1.807) is 32.0 Å². The first-order valence-electron chi connectivity index (χ1n) is 9.53. The largest absolute Gasteiger partial charge is 0.490 e. The molecule has 162 valence electrons. The second-order valence-corrected chi connectivity index (χ2v) is 7.08. The van der Waals surface area contributed by atoms with Crippen molar-refractivity contribution in [1.82, 2.24) is 0 Å². The van der Waals surface area contributed by atoms with Gasteiger partial charge in [0.2, 0.25) is 0 Å². The lowest BCUT2D eigenvalue weighted by Crippen LogP contribution is -2.18. The Morgan fingerprint density at radius 2 is 1.77 bits per heavy atom. The number of aryl methyl sites for hydroxylation is 1. The summed E-state index contributed by atoms with van der Waals surface area (Å²) in [5.41, 5.74) is 1.43. The molecule has 7 nitrogen and oxygen atoms in total. The van der Waals surface area contributed by atoms with E-state index in [-0.39, 0.29) is 24.5 Å². The topological polar surface area (TPSA) is 94.9 Å². The van der Waals surface area contributed by atoms with E-state index < -0.39 is 11.9 Å². The molecule has 2 aromatic carbocycles. The Kier molecular flexibility index (Phi) is 9.10. The van der Waals surface area contributed by atoms with E-state index >= 15 is 0 Å². The van der Waals surface area contributed by atoms with Gasteiger partial charge in [-0.2, -0.15) is 5.26 Å². The molecule has 2 aromatic rings. The van der Waals surface area contributed by atoms with Crippen LogP contribution in [0.5, 0.6) is 17.2 Å². The van der Waals surface area contributed by atoms with Gasteiger partial charge in [0.1, 0.15) is 17.4 Å². The van der Waals surface area contributed by atoms with E-state index in [1.807, 2.05) is 25.1 Å². The van der Waals surface area contributed by atoms with Gasteiger partial charge >= 0.3 is 11.9 Å². The van der Waals surface area contributed by atoms with Crippen molar-refractivity contribution in [3.63, 3.8) is 0 Å². The minimum Gasteiger partial charge on any atom is -0.490 e. The first kappa shape index (κ1) is 24.0. The van der Waals surface area contributed by atoms with Gasteiger partial charge in [-0.15, -0.1) is 0 Å². The van der Waals surface area contributed by atoms with E-state index in [4.69, 9.17) is 18.9 Å². The molecule has 2 rings (SSSR count). The van der Waals surface area contributed by atoms with Crippen molar-refractivity contribution in [2.45, 2.75) is 20.8 Å². The van der Waals surface area contributed by atoms with Crippen LogP contribution in [0.25, 0.3) is 6.08 Å². The van der Waals surface area contributed by atoms with Gasteiger partial charge < -0.3 is 18.9 Å². The van der Waals surface area contributed by atoms with Gasteiger partial charge in [-0.05, 0) is 78.2 Å². The monoisotopic (exact) mass is 487 g/mol. The van der Waals surface area contributed by atoms with E-state index in [0.29, 0.717) is 23.7 Å². The first-order chi connectivity index (χ1) is 14.9. The van der Waals surface area contributed by atoms with Crippen molar-refractivity contribution >= 4 is 33.9 Å². The molecule has 0 aliphatic rings. The van der Waals surface area contributed by atoms with Crippen LogP contribution < -0.4 is 14.2 Å². The van der Waals surface area contributed by atoms with Crippen LogP contribution in [0.2, 0.25) is 0 Å². The van der Waals surface area contributed by atoms with E-state index in [1.165, 1.54) is 12.1 Å². The Hall–Kier alpha value is -3.31. The number of rotatable bonds is 9. The highest BCUT2D eigenvalue weighted by Crippen LogP contribution is 2.30. The molecule has 0 aliphatic heterocycles. The number of esters is 2. The predicted molar refractivity (Wildman–Crippen MR) is 118 cm³/mol. The molecule has 0 atom stereocenters. The normalized spacial score (nSPS) is 10.7. The maximum absolute atomic E-state index is 12.3. The highest BCUT2D eigenvalue weighted by molar-refractivity contribution is 9.10. The van der Waals surface area contributed by atoms with Gasteiger partial charge in [-0.1, -0.05) is 12.1 Å². The minimum atomic E-state index is -0.710. The lowest BCUT2D eigenvalue weighted by Gasteiger charge is -2.12. The van der Waals surface area contributed by atoms with Crippen LogP contribution in [0.3, 0.4) is 0 Å². The summed E-state index contributed by atoms with van der Waals surface area (Å²) in [6, 6.07) is 12.0. The molecule has 0 saturated heterocycles. The Balaban J connectivity index is 2.14. The van der Waals surface area contributed by atoms with Crippen molar-refractivity contribution in [2.75, 3.05) is 19.8 Å². The zero-order valence-corrected chi connectivity index (χ0v) is 19.0. The molecular formula is C23H22BrNO6. The summed E-state index contributed by atoms with van der Waals surface area (Å²) >= 11 is 3.39. The molecule has 0 aliphatic carbocycles. The number of hydrogen-bond acceptors (Lipinski definition) is 7. The number of ether oxygens (including phenoxy) is 4. The maximum Gasteiger partial charge on any atom is 0.349 e. The van der Waals surface area contributed by atoms with Crippen molar-refractivity contribution < 1.29 is 28.5 Å². The molecule has 0 unspecified atom stereocenters. The lowest BCUT2D eigenvalue weighted by molar-refractivity contribution is -0.138. The Morgan fingerprint density at radius 1 is 1.03 bits per heavy atom. The highest BCUT2D eigenvalue weighted by atomic mass is 79.9. The average molecular weight is 488 g/mol. The number of nitriles is 1. The smallest absolute Gasteiger partial charge is 0.349 e. The molecule has 0 radical (unpaired) electrons. The fraction of sp³-hybridized carbons (Fsp3) is 0.261. The van der Waals surface area contributed by atoms with Crippen LogP contribution in [-0.4, -0.2) is 31.8 Å². The van der Waals surface area contributed by atoms with Gasteiger partial charge in [-0.3, -0.25) is 0 Å². The molecule has 0 fully saturated rings. The molecule has 31 heavy (non-hydrogen) atoms. The third-order valence-corrected chi connectivity index (χ3v) is 4.47. The average Bonchev–Trinajstić information content (AvgIpc) is 2.73. The van der Waals surface area contributed by atoms with Gasteiger partial charge in [0, 0.05) is 0 Å². The molecule has 0 aromatic heterocycles. The van der Waals surface area contributed by atoms with Crippen LogP contribution in [-0.2, 0) is 14.3 Å². The van der Waals surface area contributed by atoms with Crippen molar-refractivity contribution in [2.24, 2.45) is 0 Å². The van der Waals surface area contributed by atoms with Gasteiger partial charge in [0.15, 0.2) is 18.1 Å². The number of nitrogens with zero attached hydrogens (tertiary/aromatic N) is 1. The van der Waals surface area contributed by atoms with Gasteiger partial charge in [-0.25, -0.2) is 9.59 Å². The highest BCUT2D eigenvalue weighted by Gasteiger charge is 2.14. The van der Waals surface area contributed by atoms with Crippen LogP contribution in [0, 0.1) is 18.3 Å². The zero-order chi connectivity index (χ0) is 22.8. The molecule has 0 saturated carbocycles. The van der Waals surface area contributed by atoms with Crippen LogP contribution >= 0.6 is 15.9 Å². The summed E-state index contributed by atoms with van der Waals surface area (Å²) in [6.45, 7) is 5.58. The molecule has 0 amide bonds. The maximum atomic E-state index is 12.3. The number of halogens is 1. The van der Waals surface area contributed by atoms with E-state index in [9.17, 15) is 14.9 Å². The van der Waals surface area contributed by atoms with Crippen LogP contribution in [0.15, 0.2) is 46.4 Å². The van der Waals surface area contributed by atoms with E-state index in [0.717, 1.165) is 10.0 Å². The van der Waals surface area contributed by atoms with Crippen molar-refractivity contribution in [1.29, 1.82) is 5.26 Å². The number of hydrogen-bond donors (Lipinski definition) is 0. The first-order valence-corrected chi connectivity index (χ1v) is 10.3. The molecule has 8 heteroatoms. The Bertz CT molecular complexity index is 1030. The second-order valence-electron chi connectivity index (χ2n) is 6.23. The molecule has 0 N–H and O–H groups in total. The second kappa shape index (κ2) is 11.8. The lowest BCUT2D eigenvalue weighted by atomic mass is 10.1. The Morgan fingerprint density at radius 3 is 2.42 bits per heavy atom. The number of benzene rings is 2. The molecule has 0 heterocycles. The molecule has 0 bridgehead atoms. The van der Waals surface area contributed by atoms with Crippen LogP contribution in [0.1, 0.15) is 25.0 Å². The number of carbonyl (C=O) groups is 2. The summed E-state index contributed by atoms with van der Waals surface area (Å²) in [5, 5.41) is 9.18. The summed E-state index contributed by atoms with van der Waals surface area (Å²) in [5.74, 6) is -0.303. The summed E-state index contributed by atoms with van der Waals surface area (Å²) in [7, 11) is 0. The number of carbonyl (C=O) groups excluding carboxylic acids is 2.